The van der Waals surface area contributed by atoms with Crippen LogP contribution in [0.2, 0.25) is 5.02 Å². The SMILES string of the molecule is CCNC(=O)[C@H](Cc1ccccc1)N(Cc1ccc(F)cc1)C(=O)CN(c1ccccc1OCC)S(=O)(=O)c1ccc(Cl)cc1. The first kappa shape index (κ1) is 33.5. The number of ether oxygens (including phenoxy) is 1. The zero-order valence-electron chi connectivity index (χ0n) is 25.0. The molecular formula is C34H35ClFN3O5S. The maximum absolute atomic E-state index is 14.4. The highest BCUT2D eigenvalue weighted by molar-refractivity contribution is 7.92. The zero-order valence-corrected chi connectivity index (χ0v) is 26.6. The molecule has 0 aliphatic rings. The van der Waals surface area contributed by atoms with Gasteiger partial charge in [0.05, 0.1) is 17.2 Å². The van der Waals surface area contributed by atoms with E-state index in [0.717, 1.165) is 9.87 Å². The average molecular weight is 652 g/mol. The van der Waals surface area contributed by atoms with Crippen molar-refractivity contribution in [3.05, 3.63) is 125 Å². The van der Waals surface area contributed by atoms with Gasteiger partial charge in [0.2, 0.25) is 11.8 Å². The second-order valence-corrected chi connectivity index (χ2v) is 12.4. The third-order valence-corrected chi connectivity index (χ3v) is 9.03. The van der Waals surface area contributed by atoms with E-state index in [-0.39, 0.29) is 35.9 Å². The Morgan fingerprint density at radius 2 is 1.51 bits per heavy atom. The first-order valence-electron chi connectivity index (χ1n) is 14.5. The molecule has 0 heterocycles. The van der Waals surface area contributed by atoms with Gasteiger partial charge in [-0.15, -0.1) is 0 Å². The molecule has 0 fully saturated rings. The fourth-order valence-electron chi connectivity index (χ4n) is 4.82. The Morgan fingerprint density at radius 1 is 0.867 bits per heavy atom. The number of nitrogens with zero attached hydrogens (tertiary/aromatic N) is 2. The quantitative estimate of drug-likeness (QED) is 0.185. The van der Waals surface area contributed by atoms with E-state index in [9.17, 15) is 22.4 Å². The van der Waals surface area contributed by atoms with Crippen LogP contribution >= 0.6 is 11.6 Å². The highest BCUT2D eigenvalue weighted by Gasteiger charge is 2.35. The van der Waals surface area contributed by atoms with Crippen molar-refractivity contribution < 1.29 is 27.1 Å². The molecule has 0 saturated heterocycles. The van der Waals surface area contributed by atoms with Gasteiger partial charge < -0.3 is 15.0 Å². The van der Waals surface area contributed by atoms with Crippen LogP contribution in [0.4, 0.5) is 10.1 Å². The first-order valence-corrected chi connectivity index (χ1v) is 16.3. The lowest BCUT2D eigenvalue weighted by molar-refractivity contribution is -0.140. The third kappa shape index (κ3) is 8.61. The zero-order chi connectivity index (χ0) is 32.4. The van der Waals surface area contributed by atoms with E-state index in [1.54, 1.807) is 38.1 Å². The van der Waals surface area contributed by atoms with Gasteiger partial charge in [-0.25, -0.2) is 12.8 Å². The van der Waals surface area contributed by atoms with E-state index in [1.807, 2.05) is 30.3 Å². The number of nitrogens with one attached hydrogen (secondary N) is 1. The van der Waals surface area contributed by atoms with Gasteiger partial charge >= 0.3 is 0 Å². The maximum atomic E-state index is 14.4. The van der Waals surface area contributed by atoms with Gasteiger partial charge in [-0.05, 0) is 73.5 Å². The summed E-state index contributed by atoms with van der Waals surface area (Å²) in [4.78, 5) is 29.3. The summed E-state index contributed by atoms with van der Waals surface area (Å²) in [6, 6.07) is 26.0. The standard InChI is InChI=1S/C34H35ClFN3O5S/c1-3-37-34(41)31(22-25-10-6-5-7-11-25)38(23-26-14-18-28(36)19-15-26)33(40)24-39(30-12-8-9-13-32(30)44-4-2)45(42,43)29-20-16-27(35)17-21-29/h5-21,31H,3-4,22-24H2,1-2H3,(H,37,41)/t31-/m0/s1. The second-order valence-electron chi connectivity index (χ2n) is 10.1. The molecule has 1 N–H and O–H groups in total. The molecule has 4 aromatic rings. The van der Waals surface area contributed by atoms with Crippen LogP contribution in [0.15, 0.2) is 108 Å². The molecule has 4 rings (SSSR count). The van der Waals surface area contributed by atoms with Gasteiger partial charge in [0.15, 0.2) is 0 Å². The van der Waals surface area contributed by atoms with E-state index in [0.29, 0.717) is 17.1 Å². The summed E-state index contributed by atoms with van der Waals surface area (Å²) in [6.07, 6.45) is 0.166. The Kier molecular flexibility index (Phi) is 11.6. The van der Waals surface area contributed by atoms with Crippen LogP contribution < -0.4 is 14.4 Å². The molecule has 8 nitrogen and oxygen atoms in total. The van der Waals surface area contributed by atoms with E-state index in [4.69, 9.17) is 16.3 Å². The number of hydrogen-bond acceptors (Lipinski definition) is 5. The van der Waals surface area contributed by atoms with Gasteiger partial charge in [-0.1, -0.05) is 66.2 Å². The monoisotopic (exact) mass is 651 g/mol. The maximum Gasteiger partial charge on any atom is 0.264 e. The Hall–Kier alpha value is -4.41. The lowest BCUT2D eigenvalue weighted by Crippen LogP contribution is -2.53. The van der Waals surface area contributed by atoms with E-state index >= 15 is 0 Å². The molecule has 0 aromatic heterocycles. The number of likely N-dealkylation sites (N-methyl/N-ethyl adjacent to an activating group) is 1. The normalized spacial score (nSPS) is 11.8. The number of halogens is 2. The van der Waals surface area contributed by atoms with Crippen molar-refractivity contribution in [1.29, 1.82) is 0 Å². The Labute approximate surface area is 268 Å². The minimum Gasteiger partial charge on any atom is -0.492 e. The van der Waals surface area contributed by atoms with Crippen molar-refractivity contribution in [1.82, 2.24) is 10.2 Å². The summed E-state index contributed by atoms with van der Waals surface area (Å²) in [7, 11) is -4.34. The van der Waals surface area contributed by atoms with Gasteiger partial charge in [0.25, 0.3) is 10.0 Å². The third-order valence-electron chi connectivity index (χ3n) is 7.00. The van der Waals surface area contributed by atoms with Crippen LogP contribution in [0.1, 0.15) is 25.0 Å². The van der Waals surface area contributed by atoms with Gasteiger partial charge in [-0.2, -0.15) is 0 Å². The number of para-hydroxylation sites is 2. The predicted octanol–water partition coefficient (Wildman–Crippen LogP) is 5.85. The Morgan fingerprint density at radius 3 is 2.16 bits per heavy atom. The summed E-state index contributed by atoms with van der Waals surface area (Å²) in [5, 5.41) is 3.16. The van der Waals surface area contributed by atoms with Crippen LogP contribution in [-0.2, 0) is 32.6 Å². The molecule has 45 heavy (non-hydrogen) atoms. The molecule has 11 heteroatoms. The molecule has 0 saturated carbocycles. The lowest BCUT2D eigenvalue weighted by Gasteiger charge is -2.34. The topological polar surface area (TPSA) is 96.0 Å². The van der Waals surface area contributed by atoms with Crippen molar-refractivity contribution in [3.8, 4) is 5.75 Å². The minimum absolute atomic E-state index is 0.0737. The predicted molar refractivity (Wildman–Crippen MR) is 173 cm³/mol. The average Bonchev–Trinajstić information content (AvgIpc) is 3.03. The van der Waals surface area contributed by atoms with Crippen molar-refractivity contribution in [3.63, 3.8) is 0 Å². The summed E-state index contributed by atoms with van der Waals surface area (Å²) in [6.45, 7) is 3.39. The van der Waals surface area contributed by atoms with Crippen LogP contribution in [0, 0.1) is 5.82 Å². The smallest absolute Gasteiger partial charge is 0.264 e. The van der Waals surface area contributed by atoms with Crippen molar-refractivity contribution in [2.24, 2.45) is 0 Å². The molecule has 0 spiro atoms. The summed E-state index contributed by atoms with van der Waals surface area (Å²) in [5.74, 6) is -1.23. The van der Waals surface area contributed by atoms with Crippen LogP contribution in [0.25, 0.3) is 0 Å². The first-order chi connectivity index (χ1) is 21.6. The van der Waals surface area contributed by atoms with Crippen molar-refractivity contribution >= 4 is 39.1 Å². The minimum atomic E-state index is -4.34. The van der Waals surface area contributed by atoms with Crippen LogP contribution in [-0.4, -0.2) is 50.9 Å². The molecule has 4 aromatic carbocycles. The molecule has 1 atom stereocenters. The Bertz CT molecular complexity index is 1690. The number of carbonyl (C=O) groups excluding carboxylic acids is 2. The summed E-state index contributed by atoms with van der Waals surface area (Å²) < 4.78 is 48.9. The van der Waals surface area contributed by atoms with E-state index in [2.05, 4.69) is 5.32 Å². The number of benzene rings is 4. The fraction of sp³-hybridized carbons (Fsp3) is 0.235. The molecular weight excluding hydrogens is 617 g/mol. The number of hydrogen-bond donors (Lipinski definition) is 1. The fourth-order valence-corrected chi connectivity index (χ4v) is 6.37. The van der Waals surface area contributed by atoms with Gasteiger partial charge in [0, 0.05) is 24.5 Å². The Balaban J connectivity index is 1.82. The highest BCUT2D eigenvalue weighted by atomic mass is 35.5. The van der Waals surface area contributed by atoms with E-state index in [1.165, 1.54) is 53.4 Å². The summed E-state index contributed by atoms with van der Waals surface area (Å²) >= 11 is 6.04. The summed E-state index contributed by atoms with van der Waals surface area (Å²) in [5.41, 5.74) is 1.52. The second kappa shape index (κ2) is 15.5. The molecule has 0 aliphatic carbocycles. The number of carbonyl (C=O) groups is 2. The van der Waals surface area contributed by atoms with Gasteiger partial charge in [-0.3, -0.25) is 13.9 Å². The van der Waals surface area contributed by atoms with E-state index < -0.39 is 40.2 Å². The lowest BCUT2D eigenvalue weighted by atomic mass is 10.0. The molecule has 2 amide bonds. The van der Waals surface area contributed by atoms with Crippen LogP contribution in [0.3, 0.4) is 0 Å². The molecule has 0 aliphatic heterocycles. The number of rotatable bonds is 14. The molecule has 0 radical (unpaired) electrons. The molecule has 0 unspecified atom stereocenters. The number of anilines is 1. The van der Waals surface area contributed by atoms with Crippen LogP contribution in [0.5, 0.6) is 5.75 Å². The van der Waals surface area contributed by atoms with Gasteiger partial charge in [0.1, 0.15) is 24.2 Å². The van der Waals surface area contributed by atoms with Crippen molar-refractivity contribution in [2.75, 3.05) is 24.0 Å². The molecule has 0 bridgehead atoms. The van der Waals surface area contributed by atoms with Crippen molar-refractivity contribution in [2.45, 2.75) is 37.8 Å². The highest BCUT2D eigenvalue weighted by Crippen LogP contribution is 2.33. The number of amides is 2. The number of sulfonamides is 1. The largest absolute Gasteiger partial charge is 0.492 e. The molecule has 236 valence electrons.